The van der Waals surface area contributed by atoms with Crippen LogP contribution in [0, 0.1) is 12.8 Å². The van der Waals surface area contributed by atoms with Gasteiger partial charge in [-0.25, -0.2) is 9.59 Å². The molecule has 1 heterocycles. The van der Waals surface area contributed by atoms with E-state index < -0.39 is 30.1 Å². The molecule has 4 amide bonds. The van der Waals surface area contributed by atoms with Crippen molar-refractivity contribution in [3.05, 3.63) is 53.6 Å². The van der Waals surface area contributed by atoms with Gasteiger partial charge in [0, 0.05) is 32.0 Å². The van der Waals surface area contributed by atoms with Crippen LogP contribution in [-0.2, 0) is 25.6 Å². The van der Waals surface area contributed by atoms with Crippen LogP contribution in [0.15, 0.2) is 47.6 Å². The molecule has 40 heavy (non-hydrogen) atoms. The molecule has 12 heteroatoms. The first-order valence-corrected chi connectivity index (χ1v) is 12.8. The van der Waals surface area contributed by atoms with Crippen molar-refractivity contribution in [2.24, 2.45) is 11.1 Å². The summed E-state index contributed by atoms with van der Waals surface area (Å²) in [6.45, 7) is 5.19. The first kappa shape index (κ1) is 29.9. The van der Waals surface area contributed by atoms with E-state index >= 15 is 0 Å². The number of carboxylic acid groups (broad SMARTS) is 1. The molecule has 1 aliphatic heterocycles. The zero-order valence-corrected chi connectivity index (χ0v) is 23.2. The van der Waals surface area contributed by atoms with Crippen molar-refractivity contribution in [2.45, 2.75) is 45.8 Å². The number of hydrogen-bond donors (Lipinski definition) is 4. The minimum Gasteiger partial charge on any atom is -0.495 e. The van der Waals surface area contributed by atoms with E-state index in [1.54, 1.807) is 31.3 Å². The zero-order chi connectivity index (χ0) is 29.4. The van der Waals surface area contributed by atoms with Crippen LogP contribution in [0.2, 0.25) is 0 Å². The van der Waals surface area contributed by atoms with Crippen LogP contribution < -0.4 is 20.7 Å². The molecule has 3 unspecified atom stereocenters. The smallest absolute Gasteiger partial charge is 0.326 e. The van der Waals surface area contributed by atoms with E-state index in [-0.39, 0.29) is 31.2 Å². The molecular formula is C28H35N5O7. The maximum Gasteiger partial charge on any atom is 0.326 e. The van der Waals surface area contributed by atoms with Gasteiger partial charge in [-0.05, 0) is 36.2 Å². The standard InChI is InChI=1S/C28H35N5O7/c1-16-8-6-7-9-20(16)30-28(38)31-21-11-10-19(12-25(21)39-5)13-26(35)33(4)15-23-17(2)24(40-32-23)14-22(27(36)37)29-18(3)34/h6-12,17,22,24H,13-15H2,1-5H3,(H,29,34)(H,36,37)(H2,30,31,38). The Balaban J connectivity index is 1.56. The number of nitrogens with zero attached hydrogens (tertiary/aromatic N) is 2. The molecule has 0 saturated heterocycles. The summed E-state index contributed by atoms with van der Waals surface area (Å²) in [5.41, 5.74) is 3.36. The summed E-state index contributed by atoms with van der Waals surface area (Å²) in [6, 6.07) is 11.0. The summed E-state index contributed by atoms with van der Waals surface area (Å²) in [6.07, 6.45) is -0.416. The van der Waals surface area contributed by atoms with Crippen molar-refractivity contribution in [3.8, 4) is 5.75 Å². The van der Waals surface area contributed by atoms with E-state index in [1.165, 1.54) is 18.9 Å². The fraction of sp³-hybridized carbons (Fsp3) is 0.393. The van der Waals surface area contributed by atoms with E-state index in [0.717, 1.165) is 5.56 Å². The number of nitrogens with one attached hydrogen (secondary N) is 3. The fourth-order valence-corrected chi connectivity index (χ4v) is 4.22. The number of urea groups is 1. The monoisotopic (exact) mass is 553 g/mol. The van der Waals surface area contributed by atoms with Crippen LogP contribution in [0.1, 0.15) is 31.4 Å². The second kappa shape index (κ2) is 13.5. The average molecular weight is 554 g/mol. The fourth-order valence-electron chi connectivity index (χ4n) is 4.22. The largest absolute Gasteiger partial charge is 0.495 e. The second-order valence-corrected chi connectivity index (χ2v) is 9.70. The SMILES string of the molecule is COc1cc(CC(=O)N(C)CC2=NOC(CC(NC(C)=O)C(=O)O)C2C)ccc1NC(=O)Nc1ccccc1C. The summed E-state index contributed by atoms with van der Waals surface area (Å²) in [5, 5.41) is 21.4. The number of ether oxygens (including phenoxy) is 1. The number of carbonyl (C=O) groups excluding carboxylic acids is 3. The van der Waals surface area contributed by atoms with Gasteiger partial charge in [0.15, 0.2) is 0 Å². The van der Waals surface area contributed by atoms with E-state index in [2.05, 4.69) is 21.1 Å². The van der Waals surface area contributed by atoms with Gasteiger partial charge in [-0.2, -0.15) is 0 Å². The quantitative estimate of drug-likeness (QED) is 0.333. The summed E-state index contributed by atoms with van der Waals surface area (Å²) in [5.74, 6) is -1.63. The van der Waals surface area contributed by atoms with Crippen LogP contribution in [0.3, 0.4) is 0 Å². The number of anilines is 2. The van der Waals surface area contributed by atoms with E-state index in [9.17, 15) is 24.3 Å². The number of hydrogen-bond acceptors (Lipinski definition) is 7. The van der Waals surface area contributed by atoms with Crippen molar-refractivity contribution < 1.29 is 33.9 Å². The highest BCUT2D eigenvalue weighted by atomic mass is 16.6. The Hall–Kier alpha value is -4.61. The first-order valence-electron chi connectivity index (χ1n) is 12.8. The lowest BCUT2D eigenvalue weighted by Gasteiger charge is -2.22. The summed E-state index contributed by atoms with van der Waals surface area (Å²) in [7, 11) is 3.12. The number of para-hydroxylation sites is 1. The molecule has 0 aromatic heterocycles. The van der Waals surface area contributed by atoms with Gasteiger partial charge in [0.1, 0.15) is 17.9 Å². The third-order valence-corrected chi connectivity index (χ3v) is 6.62. The normalized spacial score (nSPS) is 16.7. The Labute approximate surface area is 232 Å². The van der Waals surface area contributed by atoms with Crippen molar-refractivity contribution >= 4 is 40.9 Å². The Morgan fingerprint density at radius 3 is 2.48 bits per heavy atom. The van der Waals surface area contributed by atoms with Gasteiger partial charge in [0.2, 0.25) is 11.8 Å². The predicted molar refractivity (Wildman–Crippen MR) is 149 cm³/mol. The minimum atomic E-state index is -1.16. The van der Waals surface area contributed by atoms with Gasteiger partial charge >= 0.3 is 12.0 Å². The number of benzene rings is 2. The molecule has 0 saturated carbocycles. The van der Waals surface area contributed by atoms with Crippen molar-refractivity contribution in [1.29, 1.82) is 0 Å². The molecule has 3 rings (SSSR count). The average Bonchev–Trinajstić information content (AvgIpc) is 3.23. The van der Waals surface area contributed by atoms with Crippen LogP contribution in [0.5, 0.6) is 5.75 Å². The number of amides is 4. The Kier molecular flexibility index (Phi) is 10.1. The molecule has 0 bridgehead atoms. The molecule has 0 aliphatic carbocycles. The summed E-state index contributed by atoms with van der Waals surface area (Å²) in [4.78, 5) is 55.2. The molecule has 2 aromatic rings. The lowest BCUT2D eigenvalue weighted by atomic mass is 9.94. The van der Waals surface area contributed by atoms with E-state index in [1.807, 2.05) is 32.0 Å². The second-order valence-electron chi connectivity index (χ2n) is 9.70. The number of carboxylic acids is 1. The number of aliphatic carboxylic acids is 1. The van der Waals surface area contributed by atoms with Crippen LogP contribution in [-0.4, -0.2) is 72.4 Å². The molecular weight excluding hydrogens is 518 g/mol. The first-order chi connectivity index (χ1) is 19.0. The van der Waals surface area contributed by atoms with Crippen molar-refractivity contribution in [1.82, 2.24) is 10.2 Å². The van der Waals surface area contributed by atoms with Crippen molar-refractivity contribution in [3.63, 3.8) is 0 Å². The summed E-state index contributed by atoms with van der Waals surface area (Å²) < 4.78 is 5.44. The van der Waals surface area contributed by atoms with E-state index in [4.69, 9.17) is 9.57 Å². The highest BCUT2D eigenvalue weighted by Crippen LogP contribution is 2.27. The number of rotatable bonds is 11. The van der Waals surface area contributed by atoms with E-state index in [0.29, 0.717) is 28.4 Å². The highest BCUT2D eigenvalue weighted by Gasteiger charge is 2.35. The number of carbonyl (C=O) groups is 4. The van der Waals surface area contributed by atoms with Crippen LogP contribution >= 0.6 is 0 Å². The van der Waals surface area contributed by atoms with Crippen LogP contribution in [0.4, 0.5) is 16.2 Å². The van der Waals surface area contributed by atoms with Crippen molar-refractivity contribution in [2.75, 3.05) is 31.3 Å². The Bertz CT molecular complexity index is 1300. The Morgan fingerprint density at radius 1 is 1.12 bits per heavy atom. The van der Waals surface area contributed by atoms with Gasteiger partial charge in [0.25, 0.3) is 0 Å². The van der Waals surface area contributed by atoms with Gasteiger partial charge in [-0.1, -0.05) is 36.3 Å². The summed E-state index contributed by atoms with van der Waals surface area (Å²) >= 11 is 0. The van der Waals surface area contributed by atoms with Gasteiger partial charge in [-0.15, -0.1) is 0 Å². The number of likely N-dealkylation sites (N-methyl/N-ethyl adjacent to an activating group) is 1. The predicted octanol–water partition coefficient (Wildman–Crippen LogP) is 3.02. The molecule has 4 N–H and O–H groups in total. The maximum atomic E-state index is 13.0. The van der Waals surface area contributed by atoms with Gasteiger partial charge in [-0.3, -0.25) is 9.59 Å². The van der Waals surface area contributed by atoms with Gasteiger partial charge in [0.05, 0.1) is 31.5 Å². The molecule has 3 atom stereocenters. The molecule has 1 aliphatic rings. The molecule has 0 spiro atoms. The number of oxime groups is 1. The lowest BCUT2D eigenvalue weighted by molar-refractivity contribution is -0.142. The highest BCUT2D eigenvalue weighted by molar-refractivity contribution is 6.01. The molecule has 2 aromatic carbocycles. The minimum absolute atomic E-state index is 0.0455. The molecule has 214 valence electrons. The number of methoxy groups -OCH3 is 1. The third-order valence-electron chi connectivity index (χ3n) is 6.62. The molecule has 0 radical (unpaired) electrons. The molecule has 12 nitrogen and oxygen atoms in total. The van der Waals surface area contributed by atoms with Gasteiger partial charge < -0.3 is 35.5 Å². The maximum absolute atomic E-state index is 13.0. The zero-order valence-electron chi connectivity index (χ0n) is 23.2. The molecule has 0 fully saturated rings. The topological polar surface area (TPSA) is 159 Å². The third kappa shape index (κ3) is 7.95. The number of aryl methyl sites for hydroxylation is 1. The Morgan fingerprint density at radius 2 is 1.82 bits per heavy atom. The lowest BCUT2D eigenvalue weighted by Crippen LogP contribution is -2.43. The van der Waals surface area contributed by atoms with Crippen LogP contribution in [0.25, 0.3) is 0 Å².